The number of para-hydroxylation sites is 1. The first-order valence-corrected chi connectivity index (χ1v) is 17.7. The molecule has 4 nitrogen and oxygen atoms in total. The van der Waals surface area contributed by atoms with Gasteiger partial charge in [-0.05, 0) is 36.4 Å². The number of nitrogens with zero attached hydrogens (tertiary/aromatic N) is 4. The number of fused-ring (bicyclic) bond motifs is 7. The summed E-state index contributed by atoms with van der Waals surface area (Å²) in [6.07, 6.45) is 0. The van der Waals surface area contributed by atoms with Crippen LogP contribution in [0.2, 0.25) is 0 Å². The van der Waals surface area contributed by atoms with E-state index >= 15 is 0 Å². The molecular weight excluding hydrogens is 633 g/mol. The lowest BCUT2D eigenvalue weighted by molar-refractivity contribution is 1.08. The molecule has 10 aromatic rings. The molecule has 0 aliphatic carbocycles. The zero-order valence-corrected chi connectivity index (χ0v) is 27.2. The van der Waals surface area contributed by atoms with Gasteiger partial charge in [0.05, 0.1) is 10.2 Å². The second-order valence-corrected chi connectivity index (χ2v) is 14.7. The summed E-state index contributed by atoms with van der Waals surface area (Å²) in [5.74, 6) is 2.01. The summed E-state index contributed by atoms with van der Waals surface area (Å²) in [6, 6.07) is 46.8. The zero-order valence-electron chi connectivity index (χ0n) is 24.7. The third kappa shape index (κ3) is 4.47. The van der Waals surface area contributed by atoms with E-state index < -0.39 is 0 Å². The van der Waals surface area contributed by atoms with Gasteiger partial charge in [-0.15, -0.1) is 34.0 Å². The van der Waals surface area contributed by atoms with E-state index in [-0.39, 0.29) is 0 Å². The highest BCUT2D eigenvalue weighted by Crippen LogP contribution is 2.42. The van der Waals surface area contributed by atoms with Crippen molar-refractivity contribution in [3.05, 3.63) is 133 Å². The highest BCUT2D eigenvalue weighted by molar-refractivity contribution is 7.26. The fourth-order valence-electron chi connectivity index (χ4n) is 6.35. The van der Waals surface area contributed by atoms with Gasteiger partial charge >= 0.3 is 0 Å². The van der Waals surface area contributed by atoms with Crippen molar-refractivity contribution in [2.75, 3.05) is 0 Å². The second-order valence-electron chi connectivity index (χ2n) is 11.5. The van der Waals surface area contributed by atoms with E-state index in [1.54, 1.807) is 34.0 Å². The largest absolute Gasteiger partial charge is 0.236 e. The maximum absolute atomic E-state index is 5.16. The number of thiazole rings is 1. The summed E-state index contributed by atoms with van der Waals surface area (Å²) in [5.41, 5.74) is 5.12. The van der Waals surface area contributed by atoms with Gasteiger partial charge in [0.2, 0.25) is 0 Å². The summed E-state index contributed by atoms with van der Waals surface area (Å²) in [7, 11) is 0. The molecule has 0 aliphatic rings. The maximum atomic E-state index is 5.16. The highest BCUT2D eigenvalue weighted by atomic mass is 32.1. The average Bonchev–Trinajstić information content (AvgIpc) is 3.84. The van der Waals surface area contributed by atoms with Crippen LogP contribution in [0.5, 0.6) is 0 Å². The molecule has 0 fully saturated rings. The van der Waals surface area contributed by atoms with Crippen LogP contribution in [0.3, 0.4) is 0 Å². The van der Waals surface area contributed by atoms with Gasteiger partial charge in [0.15, 0.2) is 17.5 Å². The topological polar surface area (TPSA) is 51.6 Å². The molecule has 10 rings (SSSR count). The molecule has 4 heterocycles. The van der Waals surface area contributed by atoms with Crippen LogP contribution >= 0.6 is 34.0 Å². The van der Waals surface area contributed by atoms with Gasteiger partial charge in [-0.1, -0.05) is 97.1 Å². The van der Waals surface area contributed by atoms with Gasteiger partial charge in [0.1, 0.15) is 5.01 Å². The van der Waals surface area contributed by atoms with Crippen LogP contribution in [0.1, 0.15) is 0 Å². The van der Waals surface area contributed by atoms with Crippen LogP contribution in [0, 0.1) is 0 Å². The van der Waals surface area contributed by atoms with E-state index in [2.05, 4.69) is 109 Å². The summed E-state index contributed by atoms with van der Waals surface area (Å²) in [5, 5.41) is 5.94. The first-order chi connectivity index (χ1) is 23.2. The van der Waals surface area contributed by atoms with Crippen LogP contribution in [0.15, 0.2) is 133 Å². The van der Waals surface area contributed by atoms with Crippen LogP contribution in [-0.2, 0) is 0 Å². The second kappa shape index (κ2) is 10.6. The SMILES string of the molecule is c1ccc(-c2nc(-c3ccc4c(c3)sc3ccccc34)nc(-c3cccc4sc5cc(-c6nc7ccccc7s6)ccc5c34)n2)cc1. The van der Waals surface area contributed by atoms with Crippen molar-refractivity contribution in [1.29, 1.82) is 0 Å². The van der Waals surface area contributed by atoms with Crippen molar-refractivity contribution in [3.8, 4) is 44.7 Å². The van der Waals surface area contributed by atoms with Crippen LogP contribution in [-0.4, -0.2) is 19.9 Å². The minimum Gasteiger partial charge on any atom is -0.236 e. The minimum absolute atomic E-state index is 0.664. The lowest BCUT2D eigenvalue weighted by atomic mass is 10.0. The van der Waals surface area contributed by atoms with Crippen molar-refractivity contribution in [3.63, 3.8) is 0 Å². The Kier molecular flexibility index (Phi) is 6.05. The first kappa shape index (κ1) is 26.8. The van der Waals surface area contributed by atoms with Gasteiger partial charge in [-0.2, -0.15) is 0 Å². The molecule has 0 saturated carbocycles. The fourth-order valence-corrected chi connectivity index (χ4v) is 9.63. The van der Waals surface area contributed by atoms with Crippen LogP contribution < -0.4 is 0 Å². The molecule has 47 heavy (non-hydrogen) atoms. The Morgan fingerprint density at radius 2 is 1.00 bits per heavy atom. The number of thiophene rings is 2. The van der Waals surface area contributed by atoms with Gasteiger partial charge in [-0.3, -0.25) is 0 Å². The maximum Gasteiger partial charge on any atom is 0.164 e. The Bertz CT molecular complexity index is 2780. The number of aromatic nitrogens is 4. The molecule has 4 aromatic heterocycles. The third-order valence-corrected chi connectivity index (χ3v) is 11.9. The van der Waals surface area contributed by atoms with E-state index in [0.717, 1.165) is 32.8 Å². The van der Waals surface area contributed by atoms with Crippen molar-refractivity contribution in [2.24, 2.45) is 0 Å². The molecule has 0 saturated heterocycles. The molecule has 0 aliphatic heterocycles. The van der Waals surface area contributed by atoms with Gasteiger partial charge in [0, 0.05) is 62.6 Å². The first-order valence-electron chi connectivity index (χ1n) is 15.3. The highest BCUT2D eigenvalue weighted by Gasteiger charge is 2.18. The molecule has 0 amide bonds. The normalized spacial score (nSPS) is 11.8. The average molecular weight is 655 g/mol. The van der Waals surface area contributed by atoms with E-state index in [9.17, 15) is 0 Å². The Hall–Kier alpha value is -5.34. The smallest absolute Gasteiger partial charge is 0.164 e. The summed E-state index contributed by atoms with van der Waals surface area (Å²) in [6.45, 7) is 0. The summed E-state index contributed by atoms with van der Waals surface area (Å²) < 4.78 is 6.13. The van der Waals surface area contributed by atoms with Crippen molar-refractivity contribution < 1.29 is 0 Å². The number of hydrogen-bond donors (Lipinski definition) is 0. The molecule has 6 aromatic carbocycles. The number of hydrogen-bond acceptors (Lipinski definition) is 7. The van der Waals surface area contributed by atoms with Crippen molar-refractivity contribution in [2.45, 2.75) is 0 Å². The number of benzene rings is 6. The monoisotopic (exact) mass is 654 g/mol. The minimum atomic E-state index is 0.664. The van der Waals surface area contributed by atoms with E-state index in [4.69, 9.17) is 19.9 Å². The predicted molar refractivity (Wildman–Crippen MR) is 201 cm³/mol. The molecule has 0 N–H and O–H groups in total. The van der Waals surface area contributed by atoms with Crippen molar-refractivity contribution in [1.82, 2.24) is 19.9 Å². The van der Waals surface area contributed by atoms with E-state index in [1.165, 1.54) is 45.0 Å². The molecule has 0 unspecified atom stereocenters. The quantitative estimate of drug-likeness (QED) is 0.189. The lowest BCUT2D eigenvalue weighted by Crippen LogP contribution is -2.00. The Morgan fingerprint density at radius 3 is 1.89 bits per heavy atom. The Balaban J connectivity index is 1.16. The van der Waals surface area contributed by atoms with Crippen LogP contribution in [0.25, 0.3) is 95.3 Å². The molecule has 0 atom stereocenters. The number of rotatable bonds is 4. The molecule has 0 bridgehead atoms. The Morgan fingerprint density at radius 1 is 0.362 bits per heavy atom. The van der Waals surface area contributed by atoms with Gasteiger partial charge in [-0.25, -0.2) is 19.9 Å². The van der Waals surface area contributed by atoms with Gasteiger partial charge < -0.3 is 0 Å². The van der Waals surface area contributed by atoms with Gasteiger partial charge in [0.25, 0.3) is 0 Å². The standard InChI is InChI=1S/C40H22N4S3/c1-2-9-23(10-3-1)37-42-38(24-17-19-27-26-11-4-6-14-31(26)45-34(27)21-24)44-39(43-37)29-12-8-16-33-36(29)28-20-18-25(22-35(28)46-33)40-41-30-13-5-7-15-32(30)47-40/h1-22H. The summed E-state index contributed by atoms with van der Waals surface area (Å²) in [4.78, 5) is 20.2. The Labute approximate surface area is 281 Å². The van der Waals surface area contributed by atoms with E-state index in [0.29, 0.717) is 17.5 Å². The third-order valence-electron chi connectivity index (χ3n) is 8.58. The predicted octanol–water partition coefficient (Wildman–Crippen LogP) is 11.9. The molecule has 7 heteroatoms. The molecule has 0 spiro atoms. The lowest BCUT2D eigenvalue weighted by Gasteiger charge is -2.10. The fraction of sp³-hybridized carbons (Fsp3) is 0. The van der Waals surface area contributed by atoms with Crippen LogP contribution in [0.4, 0.5) is 0 Å². The zero-order chi connectivity index (χ0) is 30.9. The summed E-state index contributed by atoms with van der Waals surface area (Å²) >= 11 is 5.33. The molecular formula is C40H22N4S3. The van der Waals surface area contributed by atoms with E-state index in [1.807, 2.05) is 24.3 Å². The molecule has 0 radical (unpaired) electrons. The molecule has 220 valence electrons. The van der Waals surface area contributed by atoms with Crippen molar-refractivity contribution >= 4 is 84.6 Å².